The fourth-order valence-corrected chi connectivity index (χ4v) is 3.61. The lowest BCUT2D eigenvalue weighted by molar-refractivity contribution is 0.868. The third kappa shape index (κ3) is 3.76. The molecular formula is C27H30. The zero-order chi connectivity index (χ0) is 18.3. The zero-order valence-electron chi connectivity index (χ0n) is 16.1. The molecule has 0 spiro atoms. The van der Waals surface area contributed by atoms with Crippen molar-refractivity contribution in [2.24, 2.45) is 0 Å². The van der Waals surface area contributed by atoms with E-state index >= 15 is 0 Å². The van der Waals surface area contributed by atoms with Crippen molar-refractivity contribution in [3.8, 4) is 11.1 Å². The summed E-state index contributed by atoms with van der Waals surface area (Å²) in [6.45, 7) is 8.98. The van der Waals surface area contributed by atoms with Crippen molar-refractivity contribution in [1.29, 1.82) is 0 Å². The van der Waals surface area contributed by atoms with Crippen LogP contribution in [0.15, 0.2) is 72.8 Å². The van der Waals surface area contributed by atoms with Crippen molar-refractivity contribution >= 4 is 21.5 Å². The molecule has 0 nitrogen and oxygen atoms in total. The van der Waals surface area contributed by atoms with Crippen LogP contribution in [0.2, 0.25) is 0 Å². The Hall–Kier alpha value is -2.60. The van der Waals surface area contributed by atoms with Crippen molar-refractivity contribution in [3.63, 3.8) is 0 Å². The standard InChI is InChI=1S/C26H26.CH4/c1-17(2)19-5-7-23-15-25(11-9-21(23)13-19)26-12-10-22-14-20(18(3)4)6-8-24(22)16-26;/h5-18H,1-4H3;1H4. The second kappa shape index (κ2) is 7.56. The number of hydrogen-bond acceptors (Lipinski definition) is 0. The predicted molar refractivity (Wildman–Crippen MR) is 122 cm³/mol. The molecule has 0 aliphatic heterocycles. The van der Waals surface area contributed by atoms with Crippen LogP contribution >= 0.6 is 0 Å². The molecule has 0 radical (unpaired) electrons. The Bertz CT molecular complexity index is 994. The van der Waals surface area contributed by atoms with Crippen molar-refractivity contribution < 1.29 is 0 Å². The Kier molecular flexibility index (Phi) is 5.37. The third-order valence-electron chi connectivity index (χ3n) is 5.40. The normalized spacial score (nSPS) is 11.3. The third-order valence-corrected chi connectivity index (χ3v) is 5.40. The van der Waals surface area contributed by atoms with E-state index in [1.807, 2.05) is 0 Å². The molecule has 0 atom stereocenters. The van der Waals surface area contributed by atoms with Crippen LogP contribution in [0, 0.1) is 0 Å². The van der Waals surface area contributed by atoms with E-state index in [1.165, 1.54) is 43.8 Å². The molecule has 0 aliphatic carbocycles. The van der Waals surface area contributed by atoms with Crippen molar-refractivity contribution in [1.82, 2.24) is 0 Å². The van der Waals surface area contributed by atoms with Gasteiger partial charge in [0.05, 0.1) is 0 Å². The summed E-state index contributed by atoms with van der Waals surface area (Å²) in [7, 11) is 0. The summed E-state index contributed by atoms with van der Waals surface area (Å²) < 4.78 is 0. The molecule has 27 heavy (non-hydrogen) atoms. The highest BCUT2D eigenvalue weighted by atomic mass is 14.1. The van der Waals surface area contributed by atoms with Gasteiger partial charge in [-0.2, -0.15) is 0 Å². The van der Waals surface area contributed by atoms with Gasteiger partial charge in [-0.15, -0.1) is 0 Å². The number of benzene rings is 4. The molecule has 0 unspecified atom stereocenters. The fourth-order valence-electron chi connectivity index (χ4n) is 3.61. The zero-order valence-corrected chi connectivity index (χ0v) is 16.1. The average Bonchev–Trinajstić information content (AvgIpc) is 2.66. The van der Waals surface area contributed by atoms with Gasteiger partial charge in [0, 0.05) is 0 Å². The first-order valence-corrected chi connectivity index (χ1v) is 9.59. The molecule has 0 N–H and O–H groups in total. The van der Waals surface area contributed by atoms with Gasteiger partial charge in [-0.25, -0.2) is 0 Å². The molecule has 4 rings (SSSR count). The van der Waals surface area contributed by atoms with E-state index in [0.717, 1.165) is 0 Å². The van der Waals surface area contributed by atoms with E-state index in [9.17, 15) is 0 Å². The Balaban J connectivity index is 0.00000210. The van der Waals surface area contributed by atoms with Crippen LogP contribution in [0.4, 0.5) is 0 Å². The SMILES string of the molecule is C.CC(C)c1ccc2cc(-c3ccc4cc(C(C)C)ccc4c3)ccc2c1. The monoisotopic (exact) mass is 354 g/mol. The second-order valence-corrected chi connectivity index (χ2v) is 7.95. The summed E-state index contributed by atoms with van der Waals surface area (Å²) in [5.41, 5.74) is 5.36. The lowest BCUT2D eigenvalue weighted by atomic mass is 9.94. The molecule has 0 bridgehead atoms. The molecule has 4 aromatic rings. The minimum atomic E-state index is 0. The lowest BCUT2D eigenvalue weighted by Gasteiger charge is -2.10. The molecule has 138 valence electrons. The molecule has 0 aromatic heterocycles. The molecule has 0 heterocycles. The topological polar surface area (TPSA) is 0 Å². The van der Waals surface area contributed by atoms with Crippen LogP contribution in [0.3, 0.4) is 0 Å². The summed E-state index contributed by atoms with van der Waals surface area (Å²) in [4.78, 5) is 0. The van der Waals surface area contributed by atoms with Crippen molar-refractivity contribution in [2.45, 2.75) is 47.0 Å². The minimum absolute atomic E-state index is 0. The van der Waals surface area contributed by atoms with Crippen LogP contribution in [0.1, 0.15) is 58.1 Å². The van der Waals surface area contributed by atoms with E-state index < -0.39 is 0 Å². The smallest absolute Gasteiger partial charge is 0.0177 e. The molecule has 4 aromatic carbocycles. The summed E-state index contributed by atoms with van der Waals surface area (Å²) in [5.74, 6) is 1.13. The van der Waals surface area contributed by atoms with Gasteiger partial charge in [-0.3, -0.25) is 0 Å². The van der Waals surface area contributed by atoms with E-state index in [4.69, 9.17) is 0 Å². The van der Waals surface area contributed by atoms with Crippen LogP contribution in [0.25, 0.3) is 32.7 Å². The van der Waals surface area contributed by atoms with E-state index in [2.05, 4.69) is 100 Å². The van der Waals surface area contributed by atoms with Gasteiger partial charge in [0.1, 0.15) is 0 Å². The summed E-state index contributed by atoms with van der Waals surface area (Å²) in [6, 6.07) is 27.3. The maximum Gasteiger partial charge on any atom is -0.0177 e. The number of fused-ring (bicyclic) bond motifs is 2. The molecule has 0 saturated carbocycles. The Morgan fingerprint density at radius 1 is 0.444 bits per heavy atom. The van der Waals surface area contributed by atoms with Gasteiger partial charge < -0.3 is 0 Å². The quantitative estimate of drug-likeness (QED) is 0.346. The largest absolute Gasteiger partial charge is 0.0776 e. The average molecular weight is 355 g/mol. The maximum atomic E-state index is 2.32. The molecule has 0 heteroatoms. The number of hydrogen-bond donors (Lipinski definition) is 0. The van der Waals surface area contributed by atoms with E-state index in [-0.39, 0.29) is 7.43 Å². The van der Waals surface area contributed by atoms with Crippen LogP contribution in [0.5, 0.6) is 0 Å². The minimum Gasteiger partial charge on any atom is -0.0776 e. The first-order chi connectivity index (χ1) is 12.5. The maximum absolute atomic E-state index is 2.32. The highest BCUT2D eigenvalue weighted by Gasteiger charge is 2.05. The van der Waals surface area contributed by atoms with E-state index in [1.54, 1.807) is 0 Å². The van der Waals surface area contributed by atoms with Gasteiger partial charge in [0.2, 0.25) is 0 Å². The first-order valence-electron chi connectivity index (χ1n) is 9.59. The second-order valence-electron chi connectivity index (χ2n) is 7.95. The van der Waals surface area contributed by atoms with Gasteiger partial charge in [-0.05, 0) is 67.8 Å². The first kappa shape index (κ1) is 19.2. The summed E-state index contributed by atoms with van der Waals surface area (Å²) in [6.07, 6.45) is 0. The van der Waals surface area contributed by atoms with Gasteiger partial charge in [0.15, 0.2) is 0 Å². The molecule has 0 amide bonds. The molecule has 0 saturated heterocycles. The van der Waals surface area contributed by atoms with Crippen molar-refractivity contribution in [3.05, 3.63) is 83.9 Å². The van der Waals surface area contributed by atoms with Crippen molar-refractivity contribution in [2.75, 3.05) is 0 Å². The Morgan fingerprint density at radius 2 is 0.778 bits per heavy atom. The molecular weight excluding hydrogens is 324 g/mol. The van der Waals surface area contributed by atoms with Crippen LogP contribution < -0.4 is 0 Å². The highest BCUT2D eigenvalue weighted by molar-refractivity contribution is 5.91. The molecule has 0 fully saturated rings. The van der Waals surface area contributed by atoms with Crippen LogP contribution in [-0.2, 0) is 0 Å². The Labute approximate surface area is 163 Å². The Morgan fingerprint density at radius 3 is 1.15 bits per heavy atom. The van der Waals surface area contributed by atoms with Gasteiger partial charge >= 0.3 is 0 Å². The van der Waals surface area contributed by atoms with Crippen LogP contribution in [-0.4, -0.2) is 0 Å². The fraction of sp³-hybridized carbons (Fsp3) is 0.259. The lowest BCUT2D eigenvalue weighted by Crippen LogP contribution is -1.88. The van der Waals surface area contributed by atoms with E-state index in [0.29, 0.717) is 11.8 Å². The predicted octanol–water partition coefficient (Wildman–Crippen LogP) is 8.54. The van der Waals surface area contributed by atoms with Gasteiger partial charge in [0.25, 0.3) is 0 Å². The highest BCUT2D eigenvalue weighted by Crippen LogP contribution is 2.30. The summed E-state index contributed by atoms with van der Waals surface area (Å²) in [5, 5.41) is 5.26. The molecule has 0 aliphatic rings. The van der Waals surface area contributed by atoms with Gasteiger partial charge in [-0.1, -0.05) is 95.8 Å². The number of rotatable bonds is 3. The summed E-state index contributed by atoms with van der Waals surface area (Å²) >= 11 is 0.